The number of hydrogen-bond donors (Lipinski definition) is 1. The van der Waals surface area contributed by atoms with Gasteiger partial charge in [0.15, 0.2) is 0 Å². The summed E-state index contributed by atoms with van der Waals surface area (Å²) < 4.78 is 5.12. The number of amides is 1. The molecule has 0 aromatic carbocycles. The van der Waals surface area contributed by atoms with E-state index in [0.29, 0.717) is 30.4 Å². The number of methoxy groups -OCH3 is 1. The highest BCUT2D eigenvalue weighted by Crippen LogP contribution is 2.47. The van der Waals surface area contributed by atoms with Gasteiger partial charge in [-0.2, -0.15) is 0 Å². The summed E-state index contributed by atoms with van der Waals surface area (Å²) in [5.41, 5.74) is 0.330. The average Bonchev–Trinajstić information content (AvgIpc) is 2.73. The number of likely N-dealkylation sites (tertiary alicyclic amines) is 1. The van der Waals surface area contributed by atoms with Crippen molar-refractivity contribution in [3.05, 3.63) is 0 Å². The topological polar surface area (TPSA) is 41.6 Å². The van der Waals surface area contributed by atoms with Crippen molar-refractivity contribution in [3.63, 3.8) is 0 Å². The predicted molar refractivity (Wildman–Crippen MR) is 66.8 cm³/mol. The molecule has 2 atom stereocenters. The molecule has 0 aromatic rings. The summed E-state index contributed by atoms with van der Waals surface area (Å²) in [6.45, 7) is 2.44. The van der Waals surface area contributed by atoms with Crippen LogP contribution in [0.3, 0.4) is 0 Å². The first-order chi connectivity index (χ1) is 8.23. The fourth-order valence-corrected chi connectivity index (χ4v) is 3.69. The van der Waals surface area contributed by atoms with E-state index in [0.717, 1.165) is 25.9 Å². The van der Waals surface area contributed by atoms with E-state index in [1.165, 1.54) is 12.8 Å². The zero-order chi connectivity index (χ0) is 12.3. The molecule has 1 saturated heterocycles. The van der Waals surface area contributed by atoms with Crippen LogP contribution >= 0.6 is 0 Å². The van der Waals surface area contributed by atoms with Gasteiger partial charge in [0, 0.05) is 38.1 Å². The molecule has 4 nitrogen and oxygen atoms in total. The molecule has 0 aromatic heterocycles. The fourth-order valence-electron chi connectivity index (χ4n) is 3.69. The maximum Gasteiger partial charge on any atom is 0.222 e. The Kier molecular flexibility index (Phi) is 4.05. The number of ether oxygens (including phenoxy) is 1. The van der Waals surface area contributed by atoms with Crippen LogP contribution in [-0.4, -0.2) is 50.7 Å². The summed E-state index contributed by atoms with van der Waals surface area (Å²) in [4.78, 5) is 14.1. The molecule has 98 valence electrons. The molecule has 17 heavy (non-hydrogen) atoms. The van der Waals surface area contributed by atoms with Crippen LogP contribution in [0.2, 0.25) is 0 Å². The van der Waals surface area contributed by atoms with Crippen molar-refractivity contribution in [1.82, 2.24) is 10.2 Å². The highest BCUT2D eigenvalue weighted by atomic mass is 16.5. The summed E-state index contributed by atoms with van der Waals surface area (Å²) in [6.07, 6.45) is 5.44. The Morgan fingerprint density at radius 3 is 3.06 bits per heavy atom. The standard InChI is InChI=1S/C13H24N2O2/c1-14-10-13-6-3-4-11(13)15(8-9-17-2)12(16)5-7-13/h11,14H,3-10H2,1-2H3. The first-order valence-corrected chi connectivity index (χ1v) is 6.66. The molecule has 2 aliphatic rings. The highest BCUT2D eigenvalue weighted by molar-refractivity contribution is 5.77. The quantitative estimate of drug-likeness (QED) is 0.780. The fraction of sp³-hybridized carbons (Fsp3) is 0.923. The molecule has 1 amide bonds. The van der Waals surface area contributed by atoms with E-state index in [1.54, 1.807) is 7.11 Å². The summed E-state index contributed by atoms with van der Waals surface area (Å²) in [5, 5.41) is 3.32. The lowest BCUT2D eigenvalue weighted by molar-refractivity contribution is -0.142. The normalized spacial score (nSPS) is 32.9. The maximum atomic E-state index is 12.0. The van der Waals surface area contributed by atoms with Crippen molar-refractivity contribution < 1.29 is 9.53 Å². The number of carbonyl (C=O) groups excluding carboxylic acids is 1. The number of hydrogen-bond acceptors (Lipinski definition) is 3. The first-order valence-electron chi connectivity index (χ1n) is 6.66. The Morgan fingerprint density at radius 2 is 2.35 bits per heavy atom. The average molecular weight is 240 g/mol. The van der Waals surface area contributed by atoms with E-state index < -0.39 is 0 Å². The monoisotopic (exact) mass is 240 g/mol. The predicted octanol–water partition coefficient (Wildman–Crippen LogP) is 1.01. The van der Waals surface area contributed by atoms with E-state index >= 15 is 0 Å². The SMILES string of the molecule is CNCC12CCCC1N(CCOC)C(=O)CC2. The Bertz CT molecular complexity index is 283. The van der Waals surface area contributed by atoms with Crippen molar-refractivity contribution in [2.45, 2.75) is 38.1 Å². The van der Waals surface area contributed by atoms with Gasteiger partial charge in [-0.25, -0.2) is 0 Å². The number of fused-ring (bicyclic) bond motifs is 1. The van der Waals surface area contributed by atoms with Crippen LogP contribution in [0.15, 0.2) is 0 Å². The lowest BCUT2D eigenvalue weighted by atomic mass is 9.74. The lowest BCUT2D eigenvalue weighted by Gasteiger charge is -2.46. The van der Waals surface area contributed by atoms with Gasteiger partial charge in [-0.15, -0.1) is 0 Å². The van der Waals surface area contributed by atoms with Gasteiger partial charge in [-0.1, -0.05) is 6.42 Å². The van der Waals surface area contributed by atoms with Crippen molar-refractivity contribution in [2.24, 2.45) is 5.41 Å². The van der Waals surface area contributed by atoms with Crippen LogP contribution in [0.1, 0.15) is 32.1 Å². The van der Waals surface area contributed by atoms with Gasteiger partial charge in [-0.05, 0) is 26.3 Å². The van der Waals surface area contributed by atoms with E-state index in [1.807, 2.05) is 7.05 Å². The molecule has 4 heteroatoms. The Balaban J connectivity index is 2.11. The molecule has 0 spiro atoms. The molecule has 2 fully saturated rings. The Morgan fingerprint density at radius 1 is 1.53 bits per heavy atom. The largest absolute Gasteiger partial charge is 0.383 e. The maximum absolute atomic E-state index is 12.0. The number of piperidine rings is 1. The minimum atomic E-state index is 0.320. The summed E-state index contributed by atoms with van der Waals surface area (Å²) >= 11 is 0. The molecule has 2 unspecified atom stereocenters. The number of rotatable bonds is 5. The molecule has 1 aliphatic heterocycles. The molecule has 1 aliphatic carbocycles. The molecule has 1 N–H and O–H groups in total. The van der Waals surface area contributed by atoms with Crippen molar-refractivity contribution in [3.8, 4) is 0 Å². The third-order valence-corrected chi connectivity index (χ3v) is 4.46. The second kappa shape index (κ2) is 5.36. The summed E-state index contributed by atoms with van der Waals surface area (Å²) in [6, 6.07) is 0.436. The Hall–Kier alpha value is -0.610. The van der Waals surface area contributed by atoms with E-state index in [-0.39, 0.29) is 0 Å². The number of carbonyl (C=O) groups is 1. The van der Waals surface area contributed by atoms with E-state index in [2.05, 4.69) is 10.2 Å². The third-order valence-electron chi connectivity index (χ3n) is 4.46. The summed E-state index contributed by atoms with van der Waals surface area (Å²) in [5.74, 6) is 0.320. The van der Waals surface area contributed by atoms with Crippen LogP contribution in [0.25, 0.3) is 0 Å². The van der Waals surface area contributed by atoms with Crippen molar-refractivity contribution in [2.75, 3.05) is 33.9 Å². The molecule has 2 rings (SSSR count). The first kappa shape index (κ1) is 12.8. The van der Waals surface area contributed by atoms with Gasteiger partial charge in [0.05, 0.1) is 6.61 Å². The van der Waals surface area contributed by atoms with Crippen LogP contribution in [-0.2, 0) is 9.53 Å². The lowest BCUT2D eigenvalue weighted by Crippen LogP contribution is -2.56. The third kappa shape index (κ3) is 2.33. The minimum Gasteiger partial charge on any atom is -0.383 e. The Labute approximate surface area is 104 Å². The van der Waals surface area contributed by atoms with Gasteiger partial charge < -0.3 is 15.0 Å². The van der Waals surface area contributed by atoms with Crippen LogP contribution in [0, 0.1) is 5.41 Å². The molecule has 0 radical (unpaired) electrons. The zero-order valence-electron chi connectivity index (χ0n) is 11.0. The van der Waals surface area contributed by atoms with Crippen LogP contribution < -0.4 is 5.32 Å². The van der Waals surface area contributed by atoms with Gasteiger partial charge >= 0.3 is 0 Å². The molecular formula is C13H24N2O2. The highest BCUT2D eigenvalue weighted by Gasteiger charge is 2.49. The van der Waals surface area contributed by atoms with E-state index in [4.69, 9.17) is 4.74 Å². The second-order valence-electron chi connectivity index (χ2n) is 5.38. The molecule has 0 bridgehead atoms. The van der Waals surface area contributed by atoms with Gasteiger partial charge in [-0.3, -0.25) is 4.79 Å². The summed E-state index contributed by atoms with van der Waals surface area (Å²) in [7, 11) is 3.71. The van der Waals surface area contributed by atoms with Gasteiger partial charge in [0.1, 0.15) is 0 Å². The van der Waals surface area contributed by atoms with Crippen molar-refractivity contribution >= 4 is 5.91 Å². The minimum absolute atomic E-state index is 0.320. The molecule has 1 heterocycles. The number of nitrogens with zero attached hydrogens (tertiary/aromatic N) is 1. The zero-order valence-corrected chi connectivity index (χ0v) is 11.0. The van der Waals surface area contributed by atoms with E-state index in [9.17, 15) is 4.79 Å². The second-order valence-corrected chi connectivity index (χ2v) is 5.38. The van der Waals surface area contributed by atoms with Gasteiger partial charge in [0.25, 0.3) is 0 Å². The molecule has 1 saturated carbocycles. The van der Waals surface area contributed by atoms with Crippen molar-refractivity contribution in [1.29, 1.82) is 0 Å². The molecular weight excluding hydrogens is 216 g/mol. The van der Waals surface area contributed by atoms with Gasteiger partial charge in [0.2, 0.25) is 5.91 Å². The smallest absolute Gasteiger partial charge is 0.222 e. The van der Waals surface area contributed by atoms with Crippen LogP contribution in [0.5, 0.6) is 0 Å². The van der Waals surface area contributed by atoms with Crippen LogP contribution in [0.4, 0.5) is 0 Å². The number of nitrogens with one attached hydrogen (secondary N) is 1.